The first-order chi connectivity index (χ1) is 17.5. The quantitative estimate of drug-likeness (QED) is 0.391. The average molecular weight is 515 g/mol. The number of anilines is 2. The van der Waals surface area contributed by atoms with Gasteiger partial charge in [-0.2, -0.15) is 5.26 Å². The van der Waals surface area contributed by atoms with E-state index in [1.165, 1.54) is 28.7 Å². The molecule has 2 amide bonds. The van der Waals surface area contributed by atoms with Gasteiger partial charge in [-0.1, -0.05) is 55.1 Å². The van der Waals surface area contributed by atoms with Crippen molar-refractivity contribution < 1.29 is 9.59 Å². The van der Waals surface area contributed by atoms with Gasteiger partial charge < -0.3 is 10.6 Å². The van der Waals surface area contributed by atoms with Crippen molar-refractivity contribution >= 4 is 51.3 Å². The van der Waals surface area contributed by atoms with Crippen LogP contribution in [0, 0.1) is 17.2 Å². The molecule has 0 spiro atoms. The molecule has 0 bridgehead atoms. The van der Waals surface area contributed by atoms with Gasteiger partial charge in [-0.15, -0.1) is 11.3 Å². The van der Waals surface area contributed by atoms with E-state index in [-0.39, 0.29) is 17.6 Å². The van der Waals surface area contributed by atoms with Crippen LogP contribution in [0.2, 0.25) is 0 Å². The second-order valence-corrected chi connectivity index (χ2v) is 10.2. The Morgan fingerprint density at radius 2 is 1.75 bits per heavy atom. The Balaban J connectivity index is 1.56. The summed E-state index contributed by atoms with van der Waals surface area (Å²) in [5.41, 5.74) is 3.62. The van der Waals surface area contributed by atoms with Gasteiger partial charge in [0.05, 0.1) is 16.9 Å². The van der Waals surface area contributed by atoms with Crippen molar-refractivity contribution in [1.29, 1.82) is 5.26 Å². The minimum absolute atomic E-state index is 0.114. The summed E-state index contributed by atoms with van der Waals surface area (Å²) in [6.45, 7) is 3.86. The van der Waals surface area contributed by atoms with E-state index in [9.17, 15) is 14.9 Å². The van der Waals surface area contributed by atoms with Crippen molar-refractivity contribution in [3.05, 3.63) is 93.8 Å². The van der Waals surface area contributed by atoms with Crippen LogP contribution < -0.4 is 10.6 Å². The lowest BCUT2D eigenvalue weighted by Crippen LogP contribution is -2.31. The van der Waals surface area contributed by atoms with Crippen LogP contribution in [-0.4, -0.2) is 22.6 Å². The Hall–Kier alpha value is -3.67. The van der Waals surface area contributed by atoms with Crippen molar-refractivity contribution in [1.82, 2.24) is 0 Å². The Morgan fingerprint density at radius 1 is 1.03 bits per heavy atom. The maximum absolute atomic E-state index is 13.4. The third-order valence-electron chi connectivity index (χ3n) is 5.84. The second kappa shape index (κ2) is 11.8. The van der Waals surface area contributed by atoms with Crippen LogP contribution in [0.25, 0.3) is 0 Å². The maximum Gasteiger partial charge on any atom is 0.254 e. The predicted molar refractivity (Wildman–Crippen MR) is 148 cm³/mol. The topological polar surface area (TPSA) is 94.3 Å². The molecule has 6 nitrogen and oxygen atoms in total. The first-order valence-corrected chi connectivity index (χ1v) is 13.5. The molecule has 0 aliphatic carbocycles. The number of aryl methyl sites for hydroxylation is 1. The molecule has 0 saturated heterocycles. The molecule has 36 heavy (non-hydrogen) atoms. The number of benzene rings is 2. The highest BCUT2D eigenvalue weighted by atomic mass is 32.2. The number of rotatable bonds is 7. The molecule has 0 saturated carbocycles. The van der Waals surface area contributed by atoms with Crippen LogP contribution in [-0.2, 0) is 16.0 Å². The van der Waals surface area contributed by atoms with Crippen LogP contribution in [0.15, 0.2) is 88.4 Å². The van der Waals surface area contributed by atoms with Crippen molar-refractivity contribution in [2.45, 2.75) is 26.2 Å². The molecular weight excluding hydrogens is 488 g/mol. The number of nitrogens with one attached hydrogen (secondary N) is 2. The normalized spacial score (nSPS) is 17.2. The summed E-state index contributed by atoms with van der Waals surface area (Å²) in [6, 6.07) is 23.2. The lowest BCUT2D eigenvalue weighted by atomic mass is 9.82. The molecule has 4 rings (SSSR count). The third kappa shape index (κ3) is 5.93. The summed E-state index contributed by atoms with van der Waals surface area (Å²) in [5.74, 6) is -1.49. The van der Waals surface area contributed by atoms with E-state index in [4.69, 9.17) is 0 Å². The second-order valence-electron chi connectivity index (χ2n) is 8.26. The largest absolute Gasteiger partial charge is 0.325 e. The zero-order valence-corrected chi connectivity index (χ0v) is 21.7. The zero-order chi connectivity index (χ0) is 25.5. The Labute approximate surface area is 219 Å². The number of thioether (sulfide) groups is 1. The van der Waals surface area contributed by atoms with Gasteiger partial charge in [-0.3, -0.25) is 9.59 Å². The Kier molecular flexibility index (Phi) is 8.36. The Bertz CT molecular complexity index is 1320. The zero-order valence-electron chi connectivity index (χ0n) is 20.0. The lowest BCUT2D eigenvalue weighted by molar-refractivity contribution is -0.114. The highest BCUT2D eigenvalue weighted by Gasteiger charge is 2.39. The molecule has 2 aromatic carbocycles. The maximum atomic E-state index is 13.4. The van der Waals surface area contributed by atoms with Gasteiger partial charge in [-0.25, -0.2) is 4.99 Å². The van der Waals surface area contributed by atoms with Crippen molar-refractivity contribution in [3.8, 4) is 6.07 Å². The number of hydrogen-bond acceptors (Lipinski definition) is 6. The number of carbonyl (C=O) groups is 2. The van der Waals surface area contributed by atoms with E-state index in [0.29, 0.717) is 22.0 Å². The van der Waals surface area contributed by atoms with E-state index in [0.717, 1.165) is 17.0 Å². The molecule has 1 aromatic heterocycles. The number of thiophene rings is 1. The molecule has 2 unspecified atom stereocenters. The summed E-state index contributed by atoms with van der Waals surface area (Å²) < 4.78 is 0. The molecule has 2 N–H and O–H groups in total. The number of hydrogen-bond donors (Lipinski definition) is 2. The molecule has 1 aliphatic rings. The van der Waals surface area contributed by atoms with Crippen molar-refractivity contribution in [2.24, 2.45) is 10.9 Å². The fourth-order valence-corrected chi connectivity index (χ4v) is 5.83. The molecule has 2 atom stereocenters. The van der Waals surface area contributed by atoms with Gasteiger partial charge in [0.15, 0.2) is 0 Å². The summed E-state index contributed by atoms with van der Waals surface area (Å²) in [4.78, 5) is 31.5. The van der Waals surface area contributed by atoms with Crippen LogP contribution >= 0.6 is 23.1 Å². The summed E-state index contributed by atoms with van der Waals surface area (Å²) >= 11 is 2.74. The van der Waals surface area contributed by atoms with Gasteiger partial charge in [0.1, 0.15) is 5.92 Å². The van der Waals surface area contributed by atoms with Crippen molar-refractivity contribution in [2.75, 3.05) is 16.4 Å². The molecule has 8 heteroatoms. The van der Waals surface area contributed by atoms with Gasteiger partial charge in [0, 0.05) is 33.4 Å². The van der Waals surface area contributed by atoms with E-state index < -0.39 is 11.8 Å². The number of nitriles is 1. The van der Waals surface area contributed by atoms with Gasteiger partial charge in [0.25, 0.3) is 5.91 Å². The first kappa shape index (κ1) is 25.4. The number of carbonyl (C=O) groups excluding carboxylic acids is 2. The molecular formula is C28H26N4O2S2. The third-order valence-corrected chi connectivity index (χ3v) is 7.84. The van der Waals surface area contributed by atoms with Crippen LogP contribution in [0.4, 0.5) is 11.4 Å². The van der Waals surface area contributed by atoms with E-state index in [1.807, 2.05) is 72.1 Å². The first-order valence-electron chi connectivity index (χ1n) is 11.6. The number of amides is 2. The Morgan fingerprint density at radius 3 is 2.39 bits per heavy atom. The molecule has 2 heterocycles. The minimum atomic E-state index is -0.675. The smallest absolute Gasteiger partial charge is 0.254 e. The highest BCUT2D eigenvalue weighted by molar-refractivity contribution is 8.14. The van der Waals surface area contributed by atoms with E-state index >= 15 is 0 Å². The summed E-state index contributed by atoms with van der Waals surface area (Å²) in [5, 5.41) is 18.5. The molecule has 3 aromatic rings. The van der Waals surface area contributed by atoms with Crippen LogP contribution in [0.5, 0.6) is 0 Å². The van der Waals surface area contributed by atoms with Crippen LogP contribution in [0.3, 0.4) is 0 Å². The molecule has 182 valence electrons. The highest BCUT2D eigenvalue weighted by Crippen LogP contribution is 2.43. The number of nitrogens with zero attached hydrogens (tertiary/aromatic N) is 2. The van der Waals surface area contributed by atoms with Crippen molar-refractivity contribution in [3.63, 3.8) is 0 Å². The fraction of sp³-hybridized carbons (Fsp3) is 0.214. The minimum Gasteiger partial charge on any atom is -0.325 e. The standard InChI is InChI=1S/C28H26N4O2S2/c1-3-19-11-13-21(14-12-19)31-24(33)17-36-28-22(16-29)26(23-10-7-15-35-23)25(18(2)30-28)27(34)32-20-8-5-4-6-9-20/h4-15,22,26H,3,17H2,1-2H3,(H,31,33)(H,32,34). The van der Waals surface area contributed by atoms with Gasteiger partial charge >= 0.3 is 0 Å². The summed E-state index contributed by atoms with van der Waals surface area (Å²) in [7, 11) is 0. The summed E-state index contributed by atoms with van der Waals surface area (Å²) in [6.07, 6.45) is 0.934. The van der Waals surface area contributed by atoms with Gasteiger partial charge in [0.2, 0.25) is 5.91 Å². The van der Waals surface area contributed by atoms with E-state index in [1.54, 1.807) is 6.92 Å². The molecule has 1 aliphatic heterocycles. The molecule has 0 radical (unpaired) electrons. The monoisotopic (exact) mass is 514 g/mol. The number of allylic oxidation sites excluding steroid dienone is 1. The van der Waals surface area contributed by atoms with E-state index in [2.05, 4.69) is 28.6 Å². The van der Waals surface area contributed by atoms with Gasteiger partial charge in [-0.05, 0) is 54.6 Å². The number of para-hydroxylation sites is 1. The average Bonchev–Trinajstić information content (AvgIpc) is 3.42. The number of aliphatic imine (C=N–C) groups is 1. The lowest BCUT2D eigenvalue weighted by Gasteiger charge is -2.29. The molecule has 0 fully saturated rings. The fourth-order valence-electron chi connectivity index (χ4n) is 4.04. The SMILES string of the molecule is CCc1ccc(NC(=O)CSC2=NC(C)=C(C(=O)Nc3ccccc3)C(c3cccs3)C2C#N)cc1. The van der Waals surface area contributed by atoms with Crippen LogP contribution in [0.1, 0.15) is 30.2 Å². The predicted octanol–water partition coefficient (Wildman–Crippen LogP) is 6.23.